The Morgan fingerprint density at radius 2 is 1.83 bits per heavy atom. The van der Waals surface area contributed by atoms with Crippen molar-refractivity contribution in [1.29, 1.82) is 0 Å². The quantitative estimate of drug-likeness (QED) is 0.794. The number of carbonyl (C=O) groups excluding carboxylic acids is 1. The molecule has 0 aliphatic rings. The Balaban J connectivity index is 2.10. The molecule has 0 aromatic heterocycles. The number of anilines is 1. The molecule has 2 rings (SSSR count). The van der Waals surface area contributed by atoms with Gasteiger partial charge in [0.15, 0.2) is 0 Å². The molecule has 0 aliphatic carbocycles. The summed E-state index contributed by atoms with van der Waals surface area (Å²) >= 11 is 5.95. The minimum absolute atomic E-state index is 0.0568. The standard InChI is InChI=1S/C15H15ClN2O4S2/c1-17-24(21,22)14-8-7-12(9-13(14)16)23(20)10-15(19)18-11-5-3-2-4-6-11/h2-9,17H,10H2,1H3,(H,18,19). The van der Waals surface area contributed by atoms with Crippen LogP contribution in [0.25, 0.3) is 0 Å². The van der Waals surface area contributed by atoms with Crippen molar-refractivity contribution in [3.8, 4) is 0 Å². The van der Waals surface area contributed by atoms with Crippen LogP contribution in [0.15, 0.2) is 58.3 Å². The highest BCUT2D eigenvalue weighted by atomic mass is 35.5. The van der Waals surface area contributed by atoms with Crippen LogP contribution < -0.4 is 10.0 Å². The SMILES string of the molecule is CNS(=O)(=O)c1ccc(S(=O)CC(=O)Nc2ccccc2)cc1Cl. The number of carbonyl (C=O) groups is 1. The normalized spacial score (nSPS) is 12.6. The van der Waals surface area contributed by atoms with Gasteiger partial charge in [0.1, 0.15) is 10.6 Å². The maximum absolute atomic E-state index is 12.3. The number of benzene rings is 2. The molecule has 0 saturated heterocycles. The van der Waals surface area contributed by atoms with Crippen molar-refractivity contribution in [3.05, 3.63) is 53.6 Å². The molecule has 9 heteroatoms. The van der Waals surface area contributed by atoms with Gasteiger partial charge in [-0.25, -0.2) is 13.1 Å². The minimum Gasteiger partial charge on any atom is -0.325 e. The first-order chi connectivity index (χ1) is 11.3. The topological polar surface area (TPSA) is 92.3 Å². The van der Waals surface area contributed by atoms with E-state index in [9.17, 15) is 17.4 Å². The lowest BCUT2D eigenvalue weighted by atomic mass is 10.3. The largest absolute Gasteiger partial charge is 0.325 e. The number of para-hydroxylation sites is 1. The van der Waals surface area contributed by atoms with Crippen LogP contribution in [-0.4, -0.2) is 31.3 Å². The Morgan fingerprint density at radius 1 is 1.17 bits per heavy atom. The van der Waals surface area contributed by atoms with Crippen LogP contribution in [0.3, 0.4) is 0 Å². The molecule has 2 aromatic carbocycles. The number of hydrogen-bond donors (Lipinski definition) is 2. The zero-order valence-electron chi connectivity index (χ0n) is 12.7. The molecule has 1 amide bonds. The Hall–Kier alpha value is -1.74. The van der Waals surface area contributed by atoms with Crippen LogP contribution in [0.2, 0.25) is 5.02 Å². The Morgan fingerprint density at radius 3 is 2.42 bits per heavy atom. The van der Waals surface area contributed by atoms with Gasteiger partial charge in [0.25, 0.3) is 0 Å². The monoisotopic (exact) mass is 386 g/mol. The highest BCUT2D eigenvalue weighted by Gasteiger charge is 2.18. The van der Waals surface area contributed by atoms with Crippen LogP contribution in [0, 0.1) is 0 Å². The molecule has 0 saturated carbocycles. The first-order valence-corrected chi connectivity index (χ1v) is 9.98. The smallest absolute Gasteiger partial charge is 0.241 e. The molecule has 0 radical (unpaired) electrons. The van der Waals surface area contributed by atoms with Gasteiger partial charge in [0, 0.05) is 10.6 Å². The van der Waals surface area contributed by atoms with Crippen molar-refractivity contribution in [1.82, 2.24) is 4.72 Å². The molecular weight excluding hydrogens is 372 g/mol. The maximum Gasteiger partial charge on any atom is 0.241 e. The maximum atomic E-state index is 12.3. The van der Waals surface area contributed by atoms with E-state index in [0.717, 1.165) is 0 Å². The van der Waals surface area contributed by atoms with Crippen molar-refractivity contribution in [2.45, 2.75) is 9.79 Å². The summed E-state index contributed by atoms with van der Waals surface area (Å²) in [5.41, 5.74) is 0.605. The first kappa shape index (κ1) is 18.6. The molecule has 24 heavy (non-hydrogen) atoms. The molecular formula is C15H15ClN2O4S2. The average Bonchev–Trinajstić information content (AvgIpc) is 2.55. The van der Waals surface area contributed by atoms with E-state index in [1.165, 1.54) is 25.2 Å². The number of halogens is 1. The molecule has 1 atom stereocenters. The number of hydrogen-bond acceptors (Lipinski definition) is 4. The van der Waals surface area contributed by atoms with Gasteiger partial charge < -0.3 is 5.32 Å². The number of sulfonamides is 1. The molecule has 2 aromatic rings. The van der Waals surface area contributed by atoms with E-state index >= 15 is 0 Å². The third kappa shape index (κ3) is 4.64. The van der Waals surface area contributed by atoms with Crippen molar-refractivity contribution in [3.63, 3.8) is 0 Å². The Labute approximate surface area is 147 Å². The molecule has 2 N–H and O–H groups in total. The molecule has 0 spiro atoms. The summed E-state index contributed by atoms with van der Waals surface area (Å²) in [6, 6.07) is 12.7. The van der Waals surface area contributed by atoms with Gasteiger partial charge in [-0.2, -0.15) is 0 Å². The summed E-state index contributed by atoms with van der Waals surface area (Å²) in [6.07, 6.45) is 0. The summed E-state index contributed by atoms with van der Waals surface area (Å²) in [6.45, 7) is 0. The van der Waals surface area contributed by atoms with Crippen molar-refractivity contribution in [2.24, 2.45) is 0 Å². The van der Waals surface area contributed by atoms with Crippen molar-refractivity contribution < 1.29 is 17.4 Å². The first-order valence-electron chi connectivity index (χ1n) is 6.80. The predicted octanol–water partition coefficient (Wildman–Crippen LogP) is 1.99. The molecule has 0 bridgehead atoms. The highest BCUT2D eigenvalue weighted by molar-refractivity contribution is 7.89. The predicted molar refractivity (Wildman–Crippen MR) is 94.0 cm³/mol. The summed E-state index contributed by atoms with van der Waals surface area (Å²) in [5, 5.41) is 2.57. The van der Waals surface area contributed by atoms with Gasteiger partial charge in [-0.1, -0.05) is 29.8 Å². The third-order valence-corrected chi connectivity index (χ3v) is 6.25. The minimum atomic E-state index is -3.70. The summed E-state index contributed by atoms with van der Waals surface area (Å²) in [4.78, 5) is 12.1. The van der Waals surface area contributed by atoms with Crippen LogP contribution in [0.4, 0.5) is 5.69 Å². The zero-order chi connectivity index (χ0) is 17.7. The third-order valence-electron chi connectivity index (χ3n) is 3.04. The van der Waals surface area contributed by atoms with Crippen LogP contribution in [0.5, 0.6) is 0 Å². The van der Waals surface area contributed by atoms with Crippen molar-refractivity contribution >= 4 is 44.0 Å². The van der Waals surface area contributed by atoms with E-state index in [1.807, 2.05) is 6.07 Å². The van der Waals surface area contributed by atoms with Gasteiger partial charge in [0.2, 0.25) is 15.9 Å². The second-order valence-corrected chi connectivity index (χ2v) is 8.42. The second-order valence-electron chi connectivity index (χ2n) is 4.70. The van der Waals surface area contributed by atoms with Crippen molar-refractivity contribution in [2.75, 3.05) is 18.1 Å². The van der Waals surface area contributed by atoms with Gasteiger partial charge in [0.05, 0.1) is 15.8 Å². The Bertz CT molecular complexity index is 870. The summed E-state index contributed by atoms with van der Waals surface area (Å²) in [7, 11) is -4.07. The van der Waals surface area contributed by atoms with Gasteiger partial charge in [-0.05, 0) is 37.4 Å². The lowest BCUT2D eigenvalue weighted by molar-refractivity contribution is -0.113. The lowest BCUT2D eigenvalue weighted by Gasteiger charge is -2.08. The summed E-state index contributed by atoms with van der Waals surface area (Å²) in [5.74, 6) is -0.675. The van der Waals surface area contributed by atoms with E-state index in [1.54, 1.807) is 24.3 Å². The van der Waals surface area contributed by atoms with E-state index in [-0.39, 0.29) is 20.6 Å². The molecule has 128 valence electrons. The summed E-state index contributed by atoms with van der Waals surface area (Å²) < 4.78 is 37.9. The molecule has 6 nitrogen and oxygen atoms in total. The molecule has 0 heterocycles. The van der Waals surface area contributed by atoms with Gasteiger partial charge in [-0.3, -0.25) is 9.00 Å². The molecule has 0 fully saturated rings. The van der Waals surface area contributed by atoms with Gasteiger partial charge in [-0.15, -0.1) is 0 Å². The Kier molecular flexibility index (Phi) is 6.11. The second kappa shape index (κ2) is 7.89. The van der Waals surface area contributed by atoms with Crippen LogP contribution >= 0.6 is 11.6 Å². The molecule has 0 aliphatic heterocycles. The average molecular weight is 387 g/mol. The lowest BCUT2D eigenvalue weighted by Crippen LogP contribution is -2.20. The van der Waals surface area contributed by atoms with E-state index < -0.39 is 26.7 Å². The van der Waals surface area contributed by atoms with E-state index in [4.69, 9.17) is 11.6 Å². The van der Waals surface area contributed by atoms with E-state index in [0.29, 0.717) is 5.69 Å². The fraction of sp³-hybridized carbons (Fsp3) is 0.133. The number of rotatable bonds is 6. The number of amides is 1. The van der Waals surface area contributed by atoms with Crippen LogP contribution in [-0.2, 0) is 25.6 Å². The zero-order valence-corrected chi connectivity index (χ0v) is 15.0. The molecule has 1 unspecified atom stereocenters. The number of nitrogens with one attached hydrogen (secondary N) is 2. The highest BCUT2D eigenvalue weighted by Crippen LogP contribution is 2.24. The van der Waals surface area contributed by atoms with E-state index in [2.05, 4.69) is 10.0 Å². The fourth-order valence-corrected chi connectivity index (χ4v) is 4.15. The van der Waals surface area contributed by atoms with Crippen LogP contribution in [0.1, 0.15) is 0 Å². The van der Waals surface area contributed by atoms with Gasteiger partial charge >= 0.3 is 0 Å². The fourth-order valence-electron chi connectivity index (χ4n) is 1.87.